The summed E-state index contributed by atoms with van der Waals surface area (Å²) in [4.78, 5) is 15.4. The van der Waals surface area contributed by atoms with E-state index in [0.717, 1.165) is 49.4 Å². The Labute approximate surface area is 223 Å². The van der Waals surface area contributed by atoms with E-state index < -0.39 is 0 Å². The topological polar surface area (TPSA) is 49.8 Å². The lowest BCUT2D eigenvalue weighted by atomic mass is 9.34. The highest BCUT2D eigenvalue weighted by molar-refractivity contribution is 6.06. The van der Waals surface area contributed by atoms with Gasteiger partial charge in [0.05, 0.1) is 13.2 Å². The van der Waals surface area contributed by atoms with E-state index in [0.29, 0.717) is 16.7 Å². The van der Waals surface area contributed by atoms with Gasteiger partial charge in [0.25, 0.3) is 0 Å². The van der Waals surface area contributed by atoms with Crippen LogP contribution < -0.4 is 0 Å². The number of rotatable bonds is 2. The summed E-state index contributed by atoms with van der Waals surface area (Å²) < 4.78 is 5.65. The molecule has 0 bridgehead atoms. The Kier molecular flexibility index (Phi) is 5.66. The molecule has 0 spiro atoms. The first-order valence-corrected chi connectivity index (χ1v) is 14.8. The molecule has 1 aliphatic heterocycles. The Morgan fingerprint density at radius 2 is 1.68 bits per heavy atom. The maximum Gasteiger partial charge on any atom is 0.220 e. The summed E-state index contributed by atoms with van der Waals surface area (Å²) in [5.41, 5.74) is 5.43. The summed E-state index contributed by atoms with van der Waals surface area (Å²) in [5, 5.41) is 10.4. The molecule has 202 valence electrons. The molecule has 6 atom stereocenters. The maximum absolute atomic E-state index is 12.7. The van der Waals surface area contributed by atoms with Gasteiger partial charge in [0.2, 0.25) is 5.78 Å². The standard InChI is InChI=1S/C33H47NO3/c1-22-23-7-8-26-31(4,24(23)19-25(35)28(22)36)12-14-33(6)27-20-29(2,21-34-15-17-37-18-16-34)9-10-30(27,3)11-13-32(26,33)5/h7-8,19,27,36H,9-18,20-21H2,1-6H3/t27-,29-,30?,31+,32-,33+/m1/s1. The van der Waals surface area contributed by atoms with Crippen molar-refractivity contribution in [1.82, 2.24) is 4.90 Å². The van der Waals surface area contributed by atoms with Crippen LogP contribution in [0.5, 0.6) is 0 Å². The molecular formula is C33H47NO3. The number of carbonyl (C=O) groups excluding carboxylic acids is 1. The van der Waals surface area contributed by atoms with Crippen LogP contribution in [0.2, 0.25) is 0 Å². The van der Waals surface area contributed by atoms with E-state index in [4.69, 9.17) is 4.74 Å². The number of hydrogen-bond donors (Lipinski definition) is 1. The van der Waals surface area contributed by atoms with Gasteiger partial charge in [-0.05, 0) is 96.7 Å². The van der Waals surface area contributed by atoms with Crippen LogP contribution >= 0.6 is 0 Å². The highest BCUT2D eigenvalue weighted by Gasteiger charge is 2.66. The van der Waals surface area contributed by atoms with Gasteiger partial charge in [-0.2, -0.15) is 0 Å². The van der Waals surface area contributed by atoms with Gasteiger partial charge in [0.15, 0.2) is 5.76 Å². The summed E-state index contributed by atoms with van der Waals surface area (Å²) in [6.45, 7) is 19.7. The number of fused-ring (bicyclic) bond motifs is 7. The van der Waals surface area contributed by atoms with E-state index in [1.165, 1.54) is 50.6 Å². The molecule has 0 aromatic rings. The number of morpholine rings is 1. The number of ether oxygens (including phenoxy) is 1. The average Bonchev–Trinajstić information content (AvgIpc) is 2.86. The molecule has 1 saturated heterocycles. The van der Waals surface area contributed by atoms with E-state index in [9.17, 15) is 9.90 Å². The van der Waals surface area contributed by atoms with Gasteiger partial charge < -0.3 is 9.84 Å². The van der Waals surface area contributed by atoms with Crippen molar-refractivity contribution < 1.29 is 14.6 Å². The molecule has 0 aromatic carbocycles. The largest absolute Gasteiger partial charge is 0.504 e. The Hall–Kier alpha value is -1.65. The van der Waals surface area contributed by atoms with E-state index in [-0.39, 0.29) is 27.8 Å². The summed E-state index contributed by atoms with van der Waals surface area (Å²) in [5.74, 6) is 0.382. The molecular weight excluding hydrogens is 458 g/mol. The molecule has 0 amide bonds. The molecule has 3 saturated carbocycles. The van der Waals surface area contributed by atoms with Crippen molar-refractivity contribution in [2.45, 2.75) is 86.5 Å². The molecule has 0 aromatic heterocycles. The normalized spacial score (nSPS) is 46.2. The van der Waals surface area contributed by atoms with E-state index >= 15 is 0 Å². The van der Waals surface area contributed by atoms with E-state index in [2.05, 4.69) is 51.7 Å². The van der Waals surface area contributed by atoms with Gasteiger partial charge in [-0.3, -0.25) is 9.69 Å². The second kappa shape index (κ2) is 8.18. The fourth-order valence-electron chi connectivity index (χ4n) is 9.97. The number of allylic oxidation sites excluding steroid dienone is 7. The fourth-order valence-corrected chi connectivity index (χ4v) is 9.97. The van der Waals surface area contributed by atoms with E-state index in [1.807, 2.05) is 6.92 Å². The van der Waals surface area contributed by atoms with Crippen molar-refractivity contribution in [3.05, 3.63) is 46.3 Å². The molecule has 37 heavy (non-hydrogen) atoms. The van der Waals surface area contributed by atoms with Gasteiger partial charge in [0.1, 0.15) is 0 Å². The van der Waals surface area contributed by atoms with Crippen LogP contribution in [0, 0.1) is 33.0 Å². The summed E-state index contributed by atoms with van der Waals surface area (Å²) in [6, 6.07) is 0. The lowest BCUT2D eigenvalue weighted by molar-refractivity contribution is -0.164. The van der Waals surface area contributed by atoms with E-state index in [1.54, 1.807) is 6.08 Å². The predicted octanol–water partition coefficient (Wildman–Crippen LogP) is 6.95. The maximum atomic E-state index is 12.7. The molecule has 1 N–H and O–H groups in total. The third-order valence-corrected chi connectivity index (χ3v) is 12.7. The van der Waals surface area contributed by atoms with Crippen LogP contribution in [-0.4, -0.2) is 48.6 Å². The Morgan fingerprint density at radius 1 is 0.973 bits per heavy atom. The van der Waals surface area contributed by atoms with Crippen LogP contribution in [0.3, 0.4) is 0 Å². The zero-order chi connectivity index (χ0) is 26.4. The highest BCUT2D eigenvalue weighted by atomic mass is 16.5. The Balaban J connectivity index is 1.38. The Morgan fingerprint density at radius 3 is 2.41 bits per heavy atom. The predicted molar refractivity (Wildman–Crippen MR) is 148 cm³/mol. The Bertz CT molecular complexity index is 1150. The lowest BCUT2D eigenvalue weighted by Gasteiger charge is -2.70. The van der Waals surface area contributed by atoms with Crippen molar-refractivity contribution in [3.8, 4) is 0 Å². The second-order valence-corrected chi connectivity index (χ2v) is 14.7. The number of aliphatic hydroxyl groups excluding tert-OH is 1. The second-order valence-electron chi connectivity index (χ2n) is 14.7. The monoisotopic (exact) mass is 505 g/mol. The number of nitrogens with zero attached hydrogens (tertiary/aromatic N) is 1. The smallest absolute Gasteiger partial charge is 0.220 e. The zero-order valence-electron chi connectivity index (χ0n) is 24.0. The molecule has 0 radical (unpaired) electrons. The van der Waals surface area contributed by atoms with Crippen molar-refractivity contribution in [1.29, 1.82) is 0 Å². The quantitative estimate of drug-likeness (QED) is 0.441. The number of carbonyl (C=O) groups is 1. The molecule has 5 aliphatic carbocycles. The van der Waals surface area contributed by atoms with Crippen molar-refractivity contribution in [3.63, 3.8) is 0 Å². The third-order valence-electron chi connectivity index (χ3n) is 12.7. The lowest BCUT2D eigenvalue weighted by Crippen LogP contribution is -2.62. The minimum absolute atomic E-state index is 0.0856. The number of hydrogen-bond acceptors (Lipinski definition) is 4. The highest BCUT2D eigenvalue weighted by Crippen LogP contribution is 2.75. The molecule has 4 heteroatoms. The number of aliphatic hydroxyl groups is 1. The fraction of sp³-hybridized carbons (Fsp3) is 0.727. The third kappa shape index (κ3) is 3.50. The molecule has 1 unspecified atom stereocenters. The molecule has 6 aliphatic rings. The first-order valence-electron chi connectivity index (χ1n) is 14.8. The van der Waals surface area contributed by atoms with Gasteiger partial charge in [-0.15, -0.1) is 0 Å². The average molecular weight is 506 g/mol. The summed E-state index contributed by atoms with van der Waals surface area (Å²) >= 11 is 0. The van der Waals surface area contributed by atoms with Crippen LogP contribution in [0.4, 0.5) is 0 Å². The van der Waals surface area contributed by atoms with Crippen LogP contribution in [0.25, 0.3) is 0 Å². The van der Waals surface area contributed by atoms with Gasteiger partial charge in [-0.25, -0.2) is 0 Å². The van der Waals surface area contributed by atoms with Crippen molar-refractivity contribution in [2.24, 2.45) is 33.0 Å². The number of ketones is 1. The molecule has 1 heterocycles. The van der Waals surface area contributed by atoms with Crippen molar-refractivity contribution in [2.75, 3.05) is 32.8 Å². The van der Waals surface area contributed by atoms with Crippen LogP contribution in [0.1, 0.15) is 86.5 Å². The molecule has 4 nitrogen and oxygen atoms in total. The zero-order valence-corrected chi connectivity index (χ0v) is 24.0. The molecule has 4 fully saturated rings. The van der Waals surface area contributed by atoms with Gasteiger partial charge >= 0.3 is 0 Å². The first kappa shape index (κ1) is 25.6. The van der Waals surface area contributed by atoms with Gasteiger partial charge in [0, 0.05) is 30.6 Å². The first-order chi connectivity index (χ1) is 17.4. The minimum Gasteiger partial charge on any atom is -0.504 e. The minimum atomic E-state index is -0.229. The van der Waals surface area contributed by atoms with Crippen molar-refractivity contribution >= 4 is 5.78 Å². The van der Waals surface area contributed by atoms with Crippen LogP contribution in [-0.2, 0) is 9.53 Å². The summed E-state index contributed by atoms with van der Waals surface area (Å²) in [6.07, 6.45) is 15.1. The summed E-state index contributed by atoms with van der Waals surface area (Å²) in [7, 11) is 0. The van der Waals surface area contributed by atoms with Gasteiger partial charge in [-0.1, -0.05) is 52.3 Å². The van der Waals surface area contributed by atoms with Crippen LogP contribution in [0.15, 0.2) is 46.3 Å². The molecule has 6 rings (SSSR count). The SMILES string of the molecule is CC1=C(O)C(=O)C=C2C1=CC=C1[C@@]2(C)CC[C@@]2(C)[C@@H]3C[C@](C)(CN4CCOCC4)CCC3(C)CC[C@]12C.